The molecule has 0 fully saturated rings. The fourth-order valence-corrected chi connectivity index (χ4v) is 4.53. The molecule has 1 rings (SSSR count). The van der Waals surface area contributed by atoms with Gasteiger partial charge in [-0.1, -0.05) is 22.7 Å². The van der Waals surface area contributed by atoms with Crippen LogP contribution in [0.5, 0.6) is 5.75 Å². The molecule has 0 heterocycles. The number of halogens is 1. The van der Waals surface area contributed by atoms with Gasteiger partial charge in [-0.3, -0.25) is 0 Å². The van der Waals surface area contributed by atoms with Gasteiger partial charge in [-0.2, -0.15) is 0 Å². The fourth-order valence-electron chi connectivity index (χ4n) is 1.58. The largest absolute Gasteiger partial charge is 0.432 e. The maximum absolute atomic E-state index is 6.02. The molecule has 0 spiro atoms. The SMILES string of the molecule is C#CCO/N=C/c1cc(Cl)ccc1OP(=S)(NC(C)C)OCC. The molecule has 23 heavy (non-hydrogen) atoms. The van der Waals surface area contributed by atoms with Gasteiger partial charge in [-0.25, -0.2) is 5.09 Å². The summed E-state index contributed by atoms with van der Waals surface area (Å²) in [5.74, 6) is 2.83. The summed E-state index contributed by atoms with van der Waals surface area (Å²) in [5, 5.41) is 7.49. The minimum absolute atomic E-state index is 0.0824. The van der Waals surface area contributed by atoms with E-state index >= 15 is 0 Å². The van der Waals surface area contributed by atoms with E-state index in [9.17, 15) is 0 Å². The van der Waals surface area contributed by atoms with E-state index in [2.05, 4.69) is 16.2 Å². The van der Waals surface area contributed by atoms with E-state index in [0.717, 1.165) is 0 Å². The molecule has 1 N–H and O–H groups in total. The average molecular weight is 375 g/mol. The van der Waals surface area contributed by atoms with Crippen LogP contribution in [-0.4, -0.2) is 25.5 Å². The van der Waals surface area contributed by atoms with Gasteiger partial charge < -0.3 is 13.9 Å². The maximum Gasteiger partial charge on any atom is 0.313 e. The molecule has 1 aromatic rings. The van der Waals surface area contributed by atoms with Gasteiger partial charge in [-0.05, 0) is 50.8 Å². The summed E-state index contributed by atoms with van der Waals surface area (Å²) in [5.41, 5.74) is 0.619. The van der Waals surface area contributed by atoms with Gasteiger partial charge in [0.2, 0.25) is 0 Å². The topological polar surface area (TPSA) is 52.1 Å². The van der Waals surface area contributed by atoms with Gasteiger partial charge in [0.1, 0.15) is 5.75 Å². The van der Waals surface area contributed by atoms with Crippen LogP contribution in [0.4, 0.5) is 0 Å². The van der Waals surface area contributed by atoms with Crippen LogP contribution in [0.1, 0.15) is 26.3 Å². The summed E-state index contributed by atoms with van der Waals surface area (Å²) in [7, 11) is 0. The molecule has 0 aliphatic rings. The van der Waals surface area contributed by atoms with E-state index in [-0.39, 0.29) is 12.6 Å². The van der Waals surface area contributed by atoms with Crippen LogP contribution < -0.4 is 9.61 Å². The van der Waals surface area contributed by atoms with Crippen molar-refractivity contribution in [2.24, 2.45) is 5.16 Å². The molecule has 5 nitrogen and oxygen atoms in total. The van der Waals surface area contributed by atoms with Crippen molar-refractivity contribution >= 4 is 36.3 Å². The van der Waals surface area contributed by atoms with Crippen LogP contribution in [0.2, 0.25) is 5.02 Å². The number of hydrogen-bond acceptors (Lipinski definition) is 5. The number of rotatable bonds is 9. The first-order valence-electron chi connectivity index (χ1n) is 7.00. The number of benzene rings is 1. The third-order valence-corrected chi connectivity index (χ3v) is 5.28. The van der Waals surface area contributed by atoms with Crippen molar-refractivity contribution in [3.8, 4) is 18.1 Å². The lowest BCUT2D eigenvalue weighted by Gasteiger charge is -2.25. The molecule has 0 aliphatic heterocycles. The van der Waals surface area contributed by atoms with E-state index in [0.29, 0.717) is 22.9 Å². The molecule has 0 saturated carbocycles. The van der Waals surface area contributed by atoms with Crippen molar-refractivity contribution < 1.29 is 13.9 Å². The molecule has 0 saturated heterocycles. The molecule has 0 amide bonds. The van der Waals surface area contributed by atoms with E-state index in [1.165, 1.54) is 6.21 Å². The summed E-state index contributed by atoms with van der Waals surface area (Å²) in [6.45, 7) is 3.66. The van der Waals surface area contributed by atoms with Crippen LogP contribution in [0, 0.1) is 12.3 Å². The minimum atomic E-state index is -2.68. The van der Waals surface area contributed by atoms with Crippen molar-refractivity contribution in [1.82, 2.24) is 5.09 Å². The second-order valence-electron chi connectivity index (χ2n) is 4.68. The molecular formula is C15H20ClN2O3PS. The molecule has 1 unspecified atom stereocenters. The Labute approximate surface area is 147 Å². The highest BCUT2D eigenvalue weighted by Crippen LogP contribution is 2.46. The third-order valence-electron chi connectivity index (χ3n) is 2.32. The highest BCUT2D eigenvalue weighted by Gasteiger charge is 2.22. The molecule has 0 bridgehead atoms. The Hall–Kier alpha value is -1.09. The van der Waals surface area contributed by atoms with Gasteiger partial charge in [0.05, 0.1) is 12.8 Å². The lowest BCUT2D eigenvalue weighted by atomic mass is 10.2. The van der Waals surface area contributed by atoms with Crippen LogP contribution >= 0.6 is 18.2 Å². The van der Waals surface area contributed by atoms with Crippen LogP contribution in [-0.2, 0) is 21.2 Å². The lowest BCUT2D eigenvalue weighted by Crippen LogP contribution is -2.23. The molecule has 126 valence electrons. The van der Waals surface area contributed by atoms with Gasteiger partial charge in [0.15, 0.2) is 6.61 Å². The number of oxime groups is 1. The van der Waals surface area contributed by atoms with Gasteiger partial charge in [0, 0.05) is 16.6 Å². The fraction of sp³-hybridized carbons (Fsp3) is 0.400. The minimum Gasteiger partial charge on any atom is -0.432 e. The second-order valence-corrected chi connectivity index (χ2v) is 8.26. The van der Waals surface area contributed by atoms with Gasteiger partial charge in [0.25, 0.3) is 0 Å². The zero-order valence-electron chi connectivity index (χ0n) is 13.3. The van der Waals surface area contributed by atoms with Crippen molar-refractivity contribution in [2.75, 3.05) is 13.2 Å². The van der Waals surface area contributed by atoms with Gasteiger partial charge in [-0.15, -0.1) is 6.42 Å². The molecule has 0 aromatic heterocycles. The first-order valence-corrected chi connectivity index (χ1v) is 10.0. The first kappa shape index (κ1) is 20.0. The Balaban J connectivity index is 3.03. The highest BCUT2D eigenvalue weighted by atomic mass is 35.5. The summed E-state index contributed by atoms with van der Waals surface area (Å²) in [6, 6.07) is 5.24. The predicted octanol–water partition coefficient (Wildman–Crippen LogP) is 3.96. The third kappa shape index (κ3) is 7.34. The summed E-state index contributed by atoms with van der Waals surface area (Å²) in [6.07, 6.45) is 6.57. The average Bonchev–Trinajstić information content (AvgIpc) is 2.45. The standard InChI is InChI=1S/C15H20ClN2O3PS/c1-5-9-19-17-11-13-10-14(16)7-8-15(13)21-22(23,20-6-2)18-12(3)4/h1,7-8,10-12H,6,9H2,2-4H3,(H,18,23)/b17-11+. The summed E-state index contributed by atoms with van der Waals surface area (Å²) >= 11 is 11.5. The molecular weight excluding hydrogens is 355 g/mol. The lowest BCUT2D eigenvalue weighted by molar-refractivity contribution is 0.181. The predicted molar refractivity (Wildman–Crippen MR) is 98.6 cm³/mol. The normalized spacial score (nSPS) is 13.7. The van der Waals surface area contributed by atoms with E-state index in [4.69, 9.17) is 43.7 Å². The zero-order chi connectivity index (χ0) is 17.3. The molecule has 0 radical (unpaired) electrons. The van der Waals surface area contributed by atoms with Crippen LogP contribution in [0.15, 0.2) is 23.4 Å². The van der Waals surface area contributed by atoms with Crippen molar-refractivity contribution in [3.05, 3.63) is 28.8 Å². The first-order chi connectivity index (χ1) is 10.9. The summed E-state index contributed by atoms with van der Waals surface area (Å²) < 4.78 is 11.6. The number of terminal acetylenes is 1. The van der Waals surface area contributed by atoms with Crippen molar-refractivity contribution in [3.63, 3.8) is 0 Å². The monoisotopic (exact) mass is 374 g/mol. The number of hydrogen-bond donors (Lipinski definition) is 1. The molecule has 1 aromatic carbocycles. The zero-order valence-corrected chi connectivity index (χ0v) is 15.8. The smallest absolute Gasteiger partial charge is 0.313 e. The van der Waals surface area contributed by atoms with E-state index in [1.54, 1.807) is 18.2 Å². The molecule has 0 aliphatic carbocycles. The Kier molecular flexibility index (Phi) is 8.60. The maximum atomic E-state index is 6.02. The number of nitrogens with zero attached hydrogens (tertiary/aromatic N) is 1. The quantitative estimate of drug-likeness (QED) is 0.233. The van der Waals surface area contributed by atoms with Crippen molar-refractivity contribution in [2.45, 2.75) is 26.8 Å². The second kappa shape index (κ2) is 9.92. The molecule has 1 atom stereocenters. The van der Waals surface area contributed by atoms with Crippen LogP contribution in [0.3, 0.4) is 0 Å². The summed E-state index contributed by atoms with van der Waals surface area (Å²) in [4.78, 5) is 4.89. The Morgan fingerprint density at radius 1 is 1.52 bits per heavy atom. The Bertz CT molecular complexity index is 632. The van der Waals surface area contributed by atoms with Crippen LogP contribution in [0.25, 0.3) is 0 Å². The highest BCUT2D eigenvalue weighted by molar-refractivity contribution is 8.09. The van der Waals surface area contributed by atoms with E-state index < -0.39 is 6.64 Å². The van der Waals surface area contributed by atoms with Gasteiger partial charge >= 0.3 is 6.64 Å². The Morgan fingerprint density at radius 3 is 2.87 bits per heavy atom. The van der Waals surface area contributed by atoms with Crippen molar-refractivity contribution in [1.29, 1.82) is 0 Å². The van der Waals surface area contributed by atoms with E-state index in [1.807, 2.05) is 20.8 Å². The number of nitrogens with one attached hydrogen (secondary N) is 1. The molecule has 8 heteroatoms. The Morgan fingerprint density at radius 2 is 2.26 bits per heavy atom.